The summed E-state index contributed by atoms with van der Waals surface area (Å²) in [5, 5.41) is 11.4. The van der Waals surface area contributed by atoms with Crippen LogP contribution < -0.4 is 0 Å². The molecule has 2 aromatic carbocycles. The smallest absolute Gasteiger partial charge is 0.191 e. The summed E-state index contributed by atoms with van der Waals surface area (Å²) in [6, 6.07) is 14.8. The lowest BCUT2D eigenvalue weighted by atomic mass is 10.2. The van der Waals surface area contributed by atoms with Crippen LogP contribution in [0.25, 0.3) is 20.8 Å². The Hall–Kier alpha value is -1.86. The van der Waals surface area contributed by atoms with Gasteiger partial charge in [0.2, 0.25) is 0 Å². The minimum absolute atomic E-state index is 0.0553. The fourth-order valence-corrected chi connectivity index (χ4v) is 5.28. The molecule has 0 atom stereocenters. The van der Waals surface area contributed by atoms with E-state index in [1.54, 1.807) is 0 Å². The van der Waals surface area contributed by atoms with E-state index in [1.807, 2.05) is 60.1 Å². The highest BCUT2D eigenvalue weighted by atomic mass is 35.5. The fourth-order valence-electron chi connectivity index (χ4n) is 2.66. The fraction of sp³-hybridized carbons (Fsp3) is 0.105. The van der Waals surface area contributed by atoms with Gasteiger partial charge in [-0.25, -0.2) is 0 Å². The molecule has 0 bridgehead atoms. The molecule has 0 aliphatic carbocycles. The molecule has 0 aliphatic rings. The SMILES string of the molecule is Cn1c(SCC(=O)c2ccccc2)nnc1-c1sc2cc(Cl)ccc2c1Cl. The number of halogens is 2. The summed E-state index contributed by atoms with van der Waals surface area (Å²) >= 11 is 15.5. The van der Waals surface area contributed by atoms with E-state index in [1.165, 1.54) is 23.1 Å². The third kappa shape index (κ3) is 3.62. The first-order chi connectivity index (χ1) is 13.0. The Morgan fingerprint density at radius 2 is 1.93 bits per heavy atom. The number of fused-ring (bicyclic) bond motifs is 1. The van der Waals surface area contributed by atoms with Crippen molar-refractivity contribution < 1.29 is 4.79 Å². The Morgan fingerprint density at radius 3 is 2.70 bits per heavy atom. The van der Waals surface area contributed by atoms with Crippen molar-refractivity contribution >= 4 is 62.2 Å². The second-order valence-electron chi connectivity index (χ2n) is 5.83. The van der Waals surface area contributed by atoms with Gasteiger partial charge in [-0.3, -0.25) is 4.79 Å². The van der Waals surface area contributed by atoms with Crippen LogP contribution in [-0.4, -0.2) is 26.3 Å². The van der Waals surface area contributed by atoms with Gasteiger partial charge in [-0.2, -0.15) is 0 Å². The Morgan fingerprint density at radius 1 is 1.15 bits per heavy atom. The monoisotopic (exact) mass is 433 g/mol. The maximum Gasteiger partial charge on any atom is 0.191 e. The number of nitrogens with zero attached hydrogens (tertiary/aromatic N) is 3. The summed E-state index contributed by atoms with van der Waals surface area (Å²) in [5.74, 6) is 1.03. The average molecular weight is 434 g/mol. The summed E-state index contributed by atoms with van der Waals surface area (Å²) in [5.41, 5.74) is 0.692. The first-order valence-electron chi connectivity index (χ1n) is 8.03. The third-order valence-electron chi connectivity index (χ3n) is 4.06. The molecule has 4 nitrogen and oxygen atoms in total. The summed E-state index contributed by atoms with van der Waals surface area (Å²) in [6.45, 7) is 0. The van der Waals surface area contributed by atoms with Gasteiger partial charge in [0.1, 0.15) is 0 Å². The van der Waals surface area contributed by atoms with Crippen LogP contribution in [-0.2, 0) is 7.05 Å². The molecular formula is C19H13Cl2N3OS2. The number of thiophene rings is 1. The van der Waals surface area contributed by atoms with E-state index in [0.717, 1.165) is 15.0 Å². The van der Waals surface area contributed by atoms with Crippen LogP contribution in [0.15, 0.2) is 53.7 Å². The van der Waals surface area contributed by atoms with Gasteiger partial charge in [-0.05, 0) is 12.1 Å². The van der Waals surface area contributed by atoms with Crippen LogP contribution in [0.3, 0.4) is 0 Å². The van der Waals surface area contributed by atoms with Crippen molar-refractivity contribution in [1.29, 1.82) is 0 Å². The number of aromatic nitrogens is 3. The van der Waals surface area contributed by atoms with Crippen molar-refractivity contribution in [2.75, 3.05) is 5.75 Å². The van der Waals surface area contributed by atoms with Crippen LogP contribution >= 0.6 is 46.3 Å². The van der Waals surface area contributed by atoms with Gasteiger partial charge in [0, 0.05) is 27.7 Å². The Bertz CT molecular complexity index is 1140. The second kappa shape index (κ2) is 7.64. The molecule has 0 spiro atoms. The van der Waals surface area contributed by atoms with E-state index in [2.05, 4.69) is 10.2 Å². The topological polar surface area (TPSA) is 47.8 Å². The molecule has 0 unspecified atom stereocenters. The zero-order valence-corrected chi connectivity index (χ0v) is 17.3. The second-order valence-corrected chi connectivity index (χ2v) is 8.64. The molecule has 0 saturated heterocycles. The number of carbonyl (C=O) groups excluding carboxylic acids is 1. The average Bonchev–Trinajstić information content (AvgIpc) is 3.19. The van der Waals surface area contributed by atoms with Crippen molar-refractivity contribution in [3.05, 3.63) is 64.1 Å². The largest absolute Gasteiger partial charge is 0.304 e. The Kier molecular flexibility index (Phi) is 5.23. The van der Waals surface area contributed by atoms with Crippen LogP contribution in [0.2, 0.25) is 10.0 Å². The van der Waals surface area contributed by atoms with Gasteiger partial charge in [-0.15, -0.1) is 21.5 Å². The highest BCUT2D eigenvalue weighted by molar-refractivity contribution is 7.99. The minimum atomic E-state index is 0.0553. The molecule has 4 aromatic rings. The summed E-state index contributed by atoms with van der Waals surface area (Å²) in [4.78, 5) is 13.1. The molecule has 4 rings (SSSR count). The number of hydrogen-bond acceptors (Lipinski definition) is 5. The van der Waals surface area contributed by atoms with Crippen molar-refractivity contribution in [1.82, 2.24) is 14.8 Å². The molecule has 0 radical (unpaired) electrons. The molecule has 0 fully saturated rings. The minimum Gasteiger partial charge on any atom is -0.304 e. The van der Waals surface area contributed by atoms with Gasteiger partial charge in [-0.1, -0.05) is 71.4 Å². The molecule has 136 valence electrons. The highest BCUT2D eigenvalue weighted by Gasteiger charge is 2.19. The van der Waals surface area contributed by atoms with Crippen molar-refractivity contribution in [3.63, 3.8) is 0 Å². The van der Waals surface area contributed by atoms with E-state index in [9.17, 15) is 4.79 Å². The van der Waals surface area contributed by atoms with Crippen molar-refractivity contribution in [2.24, 2.45) is 7.05 Å². The molecule has 27 heavy (non-hydrogen) atoms. The van der Waals surface area contributed by atoms with Gasteiger partial charge in [0.15, 0.2) is 16.8 Å². The molecule has 0 amide bonds. The van der Waals surface area contributed by atoms with Gasteiger partial charge in [0.25, 0.3) is 0 Å². The molecule has 0 aliphatic heterocycles. The lowest BCUT2D eigenvalue weighted by Gasteiger charge is -2.03. The lowest BCUT2D eigenvalue weighted by Crippen LogP contribution is -2.03. The Balaban J connectivity index is 1.59. The zero-order chi connectivity index (χ0) is 19.0. The first kappa shape index (κ1) is 18.5. The number of rotatable bonds is 5. The maximum absolute atomic E-state index is 12.3. The molecular weight excluding hydrogens is 421 g/mol. The number of benzene rings is 2. The highest BCUT2D eigenvalue weighted by Crippen LogP contribution is 2.42. The van der Waals surface area contributed by atoms with Crippen LogP contribution in [0.5, 0.6) is 0 Å². The number of carbonyl (C=O) groups is 1. The lowest BCUT2D eigenvalue weighted by molar-refractivity contribution is 0.102. The van der Waals surface area contributed by atoms with Gasteiger partial charge in [0.05, 0.1) is 15.7 Å². The quantitative estimate of drug-likeness (QED) is 0.287. The van der Waals surface area contributed by atoms with E-state index < -0.39 is 0 Å². The summed E-state index contributed by atoms with van der Waals surface area (Å²) in [6.07, 6.45) is 0. The first-order valence-corrected chi connectivity index (χ1v) is 10.6. The van der Waals surface area contributed by atoms with Gasteiger partial charge >= 0.3 is 0 Å². The molecule has 0 N–H and O–H groups in total. The molecule has 2 heterocycles. The van der Waals surface area contributed by atoms with Crippen LogP contribution in [0, 0.1) is 0 Å². The maximum atomic E-state index is 12.3. The van der Waals surface area contributed by atoms with Crippen LogP contribution in [0.4, 0.5) is 0 Å². The summed E-state index contributed by atoms with van der Waals surface area (Å²) < 4.78 is 2.86. The van der Waals surface area contributed by atoms with Crippen molar-refractivity contribution in [3.8, 4) is 10.7 Å². The predicted molar refractivity (Wildman–Crippen MR) is 113 cm³/mol. The predicted octanol–water partition coefficient (Wildman–Crippen LogP) is 5.98. The van der Waals surface area contributed by atoms with E-state index in [4.69, 9.17) is 23.2 Å². The van der Waals surface area contributed by atoms with Gasteiger partial charge < -0.3 is 4.57 Å². The number of ketones is 1. The Labute approximate surface area is 174 Å². The molecule has 0 saturated carbocycles. The normalized spacial score (nSPS) is 11.2. The number of Topliss-reactive ketones (excluding diaryl/α,β-unsaturated/α-hetero) is 1. The summed E-state index contributed by atoms with van der Waals surface area (Å²) in [7, 11) is 1.87. The zero-order valence-electron chi connectivity index (χ0n) is 14.1. The number of thioether (sulfide) groups is 1. The van der Waals surface area contributed by atoms with E-state index in [-0.39, 0.29) is 5.78 Å². The van der Waals surface area contributed by atoms with Crippen molar-refractivity contribution in [2.45, 2.75) is 5.16 Å². The van der Waals surface area contributed by atoms with E-state index in [0.29, 0.717) is 32.3 Å². The number of hydrogen-bond donors (Lipinski definition) is 0. The van der Waals surface area contributed by atoms with Crippen LogP contribution in [0.1, 0.15) is 10.4 Å². The van der Waals surface area contributed by atoms with E-state index >= 15 is 0 Å². The third-order valence-corrected chi connectivity index (χ3v) is 6.97. The standard InChI is InChI=1S/C19H13Cl2N3OS2/c1-24-18(17-16(21)13-8-7-12(20)9-15(13)27-17)22-23-19(24)26-10-14(25)11-5-3-2-4-6-11/h2-9H,10H2,1H3. The molecule has 8 heteroatoms. The molecule has 2 aromatic heterocycles.